The second kappa shape index (κ2) is 8.01. The van der Waals surface area contributed by atoms with Crippen LogP contribution in [0.1, 0.15) is 12.7 Å². The van der Waals surface area contributed by atoms with E-state index in [0.29, 0.717) is 56.0 Å². The van der Waals surface area contributed by atoms with Gasteiger partial charge < -0.3 is 20.1 Å². The normalized spacial score (nSPS) is 14.3. The molecule has 1 saturated heterocycles. The molecule has 0 atom stereocenters. The van der Waals surface area contributed by atoms with Gasteiger partial charge in [0.2, 0.25) is 5.91 Å². The SMILES string of the molecule is CCOc1cccc(-n2c(CC(N)=O)nc(N3CCOCC3)cc2=O)c1. The molecule has 0 unspecified atom stereocenters. The molecule has 2 heterocycles. The lowest BCUT2D eigenvalue weighted by Gasteiger charge is -2.28. The average Bonchev–Trinajstić information content (AvgIpc) is 2.62. The maximum Gasteiger partial charge on any atom is 0.260 e. The van der Waals surface area contributed by atoms with Crippen LogP contribution in [0, 0.1) is 0 Å². The zero-order valence-corrected chi connectivity index (χ0v) is 14.7. The van der Waals surface area contributed by atoms with Gasteiger partial charge in [0.1, 0.15) is 17.4 Å². The Morgan fingerprint density at radius 1 is 1.31 bits per heavy atom. The first-order valence-corrected chi connectivity index (χ1v) is 8.55. The Morgan fingerprint density at radius 3 is 2.77 bits per heavy atom. The van der Waals surface area contributed by atoms with Gasteiger partial charge in [-0.3, -0.25) is 14.2 Å². The van der Waals surface area contributed by atoms with E-state index < -0.39 is 5.91 Å². The number of rotatable bonds is 6. The molecule has 1 aliphatic rings. The number of benzene rings is 1. The third kappa shape index (κ3) is 4.02. The molecule has 3 rings (SSSR count). The highest BCUT2D eigenvalue weighted by atomic mass is 16.5. The fourth-order valence-electron chi connectivity index (χ4n) is 2.90. The van der Waals surface area contributed by atoms with Crippen molar-refractivity contribution in [3.63, 3.8) is 0 Å². The number of hydrogen-bond acceptors (Lipinski definition) is 6. The van der Waals surface area contributed by atoms with Gasteiger partial charge >= 0.3 is 0 Å². The molecule has 1 aromatic carbocycles. The van der Waals surface area contributed by atoms with Crippen LogP contribution in [0.25, 0.3) is 5.69 Å². The number of nitrogens with zero attached hydrogens (tertiary/aromatic N) is 3. The Kier molecular flexibility index (Phi) is 5.52. The van der Waals surface area contributed by atoms with E-state index >= 15 is 0 Å². The predicted octanol–water partition coefficient (Wildman–Crippen LogP) is 0.496. The van der Waals surface area contributed by atoms with Gasteiger partial charge in [0.25, 0.3) is 5.56 Å². The molecule has 138 valence electrons. The quantitative estimate of drug-likeness (QED) is 0.807. The van der Waals surface area contributed by atoms with Crippen LogP contribution in [0.2, 0.25) is 0 Å². The largest absolute Gasteiger partial charge is 0.494 e. The van der Waals surface area contributed by atoms with Gasteiger partial charge in [-0.15, -0.1) is 0 Å². The van der Waals surface area contributed by atoms with Crippen molar-refractivity contribution in [1.82, 2.24) is 9.55 Å². The third-order valence-electron chi connectivity index (χ3n) is 4.03. The molecule has 0 saturated carbocycles. The maximum atomic E-state index is 12.8. The number of morpholine rings is 1. The van der Waals surface area contributed by atoms with Gasteiger partial charge in [0.15, 0.2) is 0 Å². The van der Waals surface area contributed by atoms with E-state index in [0.717, 1.165) is 0 Å². The second-order valence-electron chi connectivity index (χ2n) is 5.88. The van der Waals surface area contributed by atoms with Crippen LogP contribution < -0.4 is 20.9 Å². The number of primary amides is 1. The number of anilines is 1. The molecule has 2 N–H and O–H groups in total. The van der Waals surface area contributed by atoms with Crippen LogP contribution in [0.4, 0.5) is 5.82 Å². The molecule has 1 aromatic heterocycles. The Bertz CT molecular complexity index is 843. The summed E-state index contributed by atoms with van der Waals surface area (Å²) in [6.07, 6.45) is -0.133. The molecule has 8 nitrogen and oxygen atoms in total. The molecule has 1 fully saturated rings. The van der Waals surface area contributed by atoms with Crippen molar-refractivity contribution in [3.05, 3.63) is 46.5 Å². The lowest BCUT2D eigenvalue weighted by Crippen LogP contribution is -2.38. The molecule has 0 spiro atoms. The van der Waals surface area contributed by atoms with Crippen molar-refractivity contribution < 1.29 is 14.3 Å². The van der Waals surface area contributed by atoms with Crippen molar-refractivity contribution in [2.75, 3.05) is 37.8 Å². The standard InChI is InChI=1S/C18H22N4O4/c1-2-26-14-5-3-4-13(10-14)22-17(11-15(19)23)20-16(12-18(22)24)21-6-8-25-9-7-21/h3-5,10,12H,2,6-9,11H2,1H3,(H2,19,23). The van der Waals surface area contributed by atoms with Crippen molar-refractivity contribution in [3.8, 4) is 11.4 Å². The molecule has 1 amide bonds. The molecule has 1 aliphatic heterocycles. The molecular weight excluding hydrogens is 336 g/mol. The van der Waals surface area contributed by atoms with Crippen molar-refractivity contribution in [2.24, 2.45) is 5.73 Å². The first-order valence-electron chi connectivity index (χ1n) is 8.55. The predicted molar refractivity (Wildman–Crippen MR) is 96.9 cm³/mol. The molecule has 0 bridgehead atoms. The van der Waals surface area contributed by atoms with E-state index in [-0.39, 0.29) is 12.0 Å². The van der Waals surface area contributed by atoms with E-state index in [1.165, 1.54) is 10.6 Å². The van der Waals surface area contributed by atoms with Crippen molar-refractivity contribution in [2.45, 2.75) is 13.3 Å². The zero-order chi connectivity index (χ0) is 18.5. The lowest BCUT2D eigenvalue weighted by molar-refractivity contribution is -0.117. The summed E-state index contributed by atoms with van der Waals surface area (Å²) < 4.78 is 12.2. The summed E-state index contributed by atoms with van der Waals surface area (Å²) in [6.45, 7) is 4.84. The molecule has 2 aromatic rings. The topological polar surface area (TPSA) is 99.7 Å². The minimum Gasteiger partial charge on any atom is -0.494 e. The number of nitrogens with two attached hydrogens (primary N) is 1. The summed E-state index contributed by atoms with van der Waals surface area (Å²) in [5.74, 6) is 0.928. The Morgan fingerprint density at radius 2 is 2.08 bits per heavy atom. The summed E-state index contributed by atoms with van der Waals surface area (Å²) in [7, 11) is 0. The van der Waals surface area contributed by atoms with Gasteiger partial charge in [-0.05, 0) is 19.1 Å². The highest BCUT2D eigenvalue weighted by molar-refractivity contribution is 5.76. The Balaban J connectivity index is 2.07. The van der Waals surface area contributed by atoms with Crippen molar-refractivity contribution in [1.29, 1.82) is 0 Å². The van der Waals surface area contributed by atoms with Crippen LogP contribution in [-0.2, 0) is 16.0 Å². The summed E-state index contributed by atoms with van der Waals surface area (Å²) in [6, 6.07) is 8.58. The lowest BCUT2D eigenvalue weighted by atomic mass is 10.2. The summed E-state index contributed by atoms with van der Waals surface area (Å²) in [5.41, 5.74) is 5.68. The highest BCUT2D eigenvalue weighted by Crippen LogP contribution is 2.19. The molecular formula is C18H22N4O4. The van der Waals surface area contributed by atoms with Gasteiger partial charge in [-0.1, -0.05) is 6.07 Å². The number of hydrogen-bond donors (Lipinski definition) is 1. The average molecular weight is 358 g/mol. The zero-order valence-electron chi connectivity index (χ0n) is 14.7. The fraction of sp³-hybridized carbons (Fsp3) is 0.389. The fourth-order valence-corrected chi connectivity index (χ4v) is 2.90. The number of ether oxygens (including phenoxy) is 2. The second-order valence-corrected chi connectivity index (χ2v) is 5.88. The van der Waals surface area contributed by atoms with Crippen molar-refractivity contribution >= 4 is 11.7 Å². The van der Waals surface area contributed by atoms with E-state index in [2.05, 4.69) is 4.98 Å². The van der Waals surface area contributed by atoms with Gasteiger partial charge in [-0.2, -0.15) is 0 Å². The van der Waals surface area contributed by atoms with E-state index in [4.69, 9.17) is 15.2 Å². The number of amides is 1. The Labute approximate surface area is 151 Å². The number of aromatic nitrogens is 2. The van der Waals surface area contributed by atoms with Crippen LogP contribution in [-0.4, -0.2) is 48.4 Å². The minimum atomic E-state index is -0.550. The molecule has 0 aliphatic carbocycles. The molecule has 26 heavy (non-hydrogen) atoms. The third-order valence-corrected chi connectivity index (χ3v) is 4.03. The van der Waals surface area contributed by atoms with Gasteiger partial charge in [0.05, 0.1) is 31.9 Å². The molecule has 8 heteroatoms. The van der Waals surface area contributed by atoms with Crippen LogP contribution in [0.3, 0.4) is 0 Å². The monoisotopic (exact) mass is 358 g/mol. The first kappa shape index (κ1) is 17.9. The summed E-state index contributed by atoms with van der Waals surface area (Å²) in [4.78, 5) is 30.9. The number of carbonyl (C=O) groups excluding carboxylic acids is 1. The minimum absolute atomic E-state index is 0.133. The van der Waals surface area contributed by atoms with Crippen LogP contribution in [0.15, 0.2) is 35.1 Å². The first-order chi connectivity index (χ1) is 12.6. The smallest absolute Gasteiger partial charge is 0.260 e. The van der Waals surface area contributed by atoms with E-state index in [1.807, 2.05) is 11.8 Å². The number of carbonyl (C=O) groups is 1. The van der Waals surface area contributed by atoms with Crippen LogP contribution in [0.5, 0.6) is 5.75 Å². The van der Waals surface area contributed by atoms with Crippen LogP contribution >= 0.6 is 0 Å². The molecule has 0 radical (unpaired) electrons. The van der Waals surface area contributed by atoms with Gasteiger partial charge in [-0.25, -0.2) is 4.98 Å². The Hall–Kier alpha value is -2.87. The van der Waals surface area contributed by atoms with Gasteiger partial charge in [0, 0.05) is 25.2 Å². The summed E-state index contributed by atoms with van der Waals surface area (Å²) in [5, 5.41) is 0. The summed E-state index contributed by atoms with van der Waals surface area (Å²) >= 11 is 0. The van der Waals surface area contributed by atoms with E-state index in [9.17, 15) is 9.59 Å². The highest BCUT2D eigenvalue weighted by Gasteiger charge is 2.18. The van der Waals surface area contributed by atoms with E-state index in [1.54, 1.807) is 24.3 Å². The maximum absolute atomic E-state index is 12.8.